The number of phosphoric ester groups is 3. The van der Waals surface area contributed by atoms with Gasteiger partial charge in [-0.2, -0.15) is 4.31 Å². The van der Waals surface area contributed by atoms with Crippen molar-refractivity contribution in [3.05, 3.63) is 48.6 Å². The topological polar surface area (TPSA) is 509 Å². The predicted molar refractivity (Wildman–Crippen MR) is 367 cm³/mol. The van der Waals surface area contributed by atoms with Crippen LogP contribution in [0.15, 0.2) is 48.6 Å². The fraction of sp³-hybridized carbons (Fsp3) is 0.785. The van der Waals surface area contributed by atoms with Gasteiger partial charge in [-0.1, -0.05) is 70.7 Å². The Labute approximate surface area is 606 Å². The van der Waals surface area contributed by atoms with E-state index in [9.17, 15) is 78.3 Å². The van der Waals surface area contributed by atoms with E-state index in [4.69, 9.17) is 52.7 Å². The molecule has 0 bridgehead atoms. The number of anilines is 1. The Bertz CT molecular complexity index is 3580. The Hall–Kier alpha value is -3.66. The number of carbonyl (C=O) groups is 3. The van der Waals surface area contributed by atoms with Gasteiger partial charge in [0.2, 0.25) is 22.7 Å². The van der Waals surface area contributed by atoms with Crippen molar-refractivity contribution in [2.24, 2.45) is 23.2 Å². The lowest BCUT2D eigenvalue weighted by Crippen LogP contribution is -2.60. The van der Waals surface area contributed by atoms with Crippen molar-refractivity contribution in [1.29, 1.82) is 0 Å². The van der Waals surface area contributed by atoms with E-state index in [1.807, 2.05) is 26.0 Å². The molecule has 24 unspecified atom stereocenters. The summed E-state index contributed by atoms with van der Waals surface area (Å²) in [5.74, 6) is -4.58. The van der Waals surface area contributed by atoms with Crippen molar-refractivity contribution in [3.8, 4) is 0 Å². The summed E-state index contributed by atoms with van der Waals surface area (Å²) in [7, 11) is -16.6. The summed E-state index contributed by atoms with van der Waals surface area (Å²) < 4.78 is 109. The van der Waals surface area contributed by atoms with E-state index in [2.05, 4.69) is 54.8 Å². The minimum atomic E-state index is -5.65. The third-order valence-electron chi connectivity index (χ3n) is 20.7. The van der Waals surface area contributed by atoms with E-state index in [0.717, 1.165) is 66.7 Å². The normalized spacial score (nSPS) is 35.7. The molecule has 39 heteroatoms. The number of ether oxygens (including phenoxy) is 8. The molecule has 7 fully saturated rings. The summed E-state index contributed by atoms with van der Waals surface area (Å²) in [4.78, 5) is 90.9. The second-order valence-electron chi connectivity index (χ2n) is 29.8. The summed E-state index contributed by atoms with van der Waals surface area (Å²) in [5.41, 5.74) is 3.57. The molecule has 7 saturated heterocycles. The number of nitrogen functional groups attached to an aromatic ring is 1. The number of aliphatic hydroxyl groups excluding tert-OH is 5. The highest BCUT2D eigenvalue weighted by molar-refractivity contribution is 8.13. The number of carbonyl (C=O) groups excluding carboxylic acids is 3. The monoisotopic (exact) mass is 1550 g/mol. The zero-order chi connectivity index (χ0) is 75.7. The molecule has 0 aromatic carbocycles. The third kappa shape index (κ3) is 20.1. The van der Waals surface area contributed by atoms with Gasteiger partial charge in [-0.3, -0.25) is 32.5 Å². The second kappa shape index (κ2) is 33.5. The Morgan fingerprint density at radius 1 is 0.894 bits per heavy atom. The number of hydrogen-bond acceptors (Lipinski definition) is 29. The number of hydrogen-bond donors (Lipinski definition) is 13. The molecular formula is C65H102N7O28P3S. The number of nitrogens with two attached hydrogens (primary N) is 1. The lowest BCUT2D eigenvalue weighted by atomic mass is 9.79. The van der Waals surface area contributed by atoms with Gasteiger partial charge < -0.3 is 104 Å². The smallest absolute Gasteiger partial charge is 0.390 e. The third-order valence-corrected chi connectivity index (χ3v) is 24.9. The Kier molecular flexibility index (Phi) is 26.7. The van der Waals surface area contributed by atoms with Gasteiger partial charge in [0.15, 0.2) is 29.3 Å². The summed E-state index contributed by atoms with van der Waals surface area (Å²) in [6, 6.07) is 0. The molecule has 0 radical (unpaired) electrons. The standard InChI is InChI=1S/C65H102N7O28P3S/c1-35-27-44(36(2)11-12-40-16-21-64(94-40)22-17-43-53(98-64)49(76)39(5)52(92-43)42(73)28-38(4)51-37(3)15-20-63(97-51)19-9-10-25-89-63)96-65(29-35)46(74)14-13-41(95-65)30-62(8,81)60(80)104-26-24-67-47(75)18-23-68-58(79)55(78)61(6,7)32-91-103(87,88)100-102(85,86)90-31-45-54(99-101(82,83)84)50(77)59(93-45)72-34-71-48-56(66)69-33-70-57(48)72/h11-12,29,33-34,36-38,40-46,49-55,59,73-74,76-78,81H,5,9-10,13-28,30-32H2,1-4,6-8H3,(H,67,75)(H,68,79)(H,85,86)(H,87,88)(H2,66,69,70)(H2,82,83,84)/b12-11+. The van der Waals surface area contributed by atoms with Crippen LogP contribution < -0.4 is 16.4 Å². The van der Waals surface area contributed by atoms with Crippen molar-refractivity contribution >= 4 is 69.1 Å². The minimum Gasteiger partial charge on any atom is -0.390 e. The fourth-order valence-electron chi connectivity index (χ4n) is 15.0. The average Bonchev–Trinajstić information content (AvgIpc) is 1.32. The van der Waals surface area contributed by atoms with Crippen molar-refractivity contribution in [2.75, 3.05) is 44.4 Å². The zero-order valence-electron chi connectivity index (χ0n) is 59.3. The minimum absolute atomic E-state index is 0.0000969. The molecule has 8 aliphatic heterocycles. The Morgan fingerprint density at radius 2 is 1.62 bits per heavy atom. The van der Waals surface area contributed by atoms with Gasteiger partial charge in [-0.05, 0) is 95.1 Å². The number of phosphoric acid groups is 3. The van der Waals surface area contributed by atoms with Gasteiger partial charge in [0.1, 0.15) is 66.3 Å². The molecule has 0 saturated carbocycles. The maximum Gasteiger partial charge on any atom is 0.481 e. The largest absolute Gasteiger partial charge is 0.481 e. The number of nitrogens with one attached hydrogen (secondary N) is 2. The van der Waals surface area contributed by atoms with Crippen molar-refractivity contribution in [1.82, 2.24) is 30.2 Å². The molecule has 2 amide bonds. The first-order valence-corrected chi connectivity index (χ1v) is 40.8. The first-order chi connectivity index (χ1) is 48.7. The number of amides is 2. The molecule has 35 nitrogen and oxygen atoms in total. The lowest BCUT2D eigenvalue weighted by Gasteiger charge is -2.50. The summed E-state index contributed by atoms with van der Waals surface area (Å²) in [5, 5.41) is 72.6. The van der Waals surface area contributed by atoms with Crippen molar-refractivity contribution < 1.29 is 134 Å². The first-order valence-electron chi connectivity index (χ1n) is 35.3. The molecule has 586 valence electrons. The van der Waals surface area contributed by atoms with Gasteiger partial charge in [0.05, 0.1) is 62.8 Å². The second-order valence-corrected chi connectivity index (χ2v) is 35.1. The van der Waals surface area contributed by atoms with Crippen LogP contribution in [-0.2, 0) is 83.9 Å². The molecule has 14 N–H and O–H groups in total. The zero-order valence-corrected chi connectivity index (χ0v) is 62.8. The van der Waals surface area contributed by atoms with Gasteiger partial charge in [0.25, 0.3) is 0 Å². The van der Waals surface area contributed by atoms with Crippen LogP contribution in [0.4, 0.5) is 5.82 Å². The van der Waals surface area contributed by atoms with Crippen molar-refractivity contribution in [3.63, 3.8) is 0 Å². The van der Waals surface area contributed by atoms with Crippen LogP contribution in [0.1, 0.15) is 151 Å². The summed E-state index contributed by atoms with van der Waals surface area (Å²) >= 11 is 0.776. The highest BCUT2D eigenvalue weighted by atomic mass is 32.2. The number of nitrogens with zero attached hydrogens (tertiary/aromatic N) is 4. The number of aliphatic hydroxyl groups is 6. The fourth-order valence-corrected chi connectivity index (χ4v) is 18.6. The number of thioether (sulfide) groups is 1. The van der Waals surface area contributed by atoms with Crippen LogP contribution in [0.3, 0.4) is 0 Å². The molecule has 2 aromatic rings. The van der Waals surface area contributed by atoms with Gasteiger partial charge in [-0.25, -0.2) is 28.6 Å². The van der Waals surface area contributed by atoms with Gasteiger partial charge in [0, 0.05) is 68.7 Å². The highest BCUT2D eigenvalue weighted by Crippen LogP contribution is 2.61. The number of fused-ring (bicyclic) bond motifs is 2. The lowest BCUT2D eigenvalue weighted by molar-refractivity contribution is -0.320. The molecule has 0 aliphatic carbocycles. The van der Waals surface area contributed by atoms with E-state index >= 15 is 0 Å². The maximum absolute atomic E-state index is 13.5. The number of rotatable bonds is 29. The van der Waals surface area contributed by atoms with Crippen LogP contribution in [0.5, 0.6) is 0 Å². The average molecular weight is 1550 g/mol. The van der Waals surface area contributed by atoms with Crippen molar-refractivity contribution in [2.45, 2.75) is 259 Å². The Morgan fingerprint density at radius 3 is 2.36 bits per heavy atom. The van der Waals surface area contributed by atoms with Crippen LogP contribution in [0.2, 0.25) is 0 Å². The van der Waals surface area contributed by atoms with E-state index in [1.165, 1.54) is 20.8 Å². The molecule has 8 aliphatic rings. The molecule has 2 aromatic heterocycles. The SMILES string of the molecule is C=C1C(O)C2OC3(CCC(/C=C/C(C)C4CC(C)=CC5(OC(CC(C)(O)C(=O)SCCNC(=O)CCNC(=O)C(O)C(C)(C)COP(=O)(O)OP(=O)(O)OCC6OC(n7cnc8c(N)ncnc87)C(O)C6OP(=O)(O)O)CCC5O)O4)O3)CCC2OC1C(O)CC(C)C1OC2(CCCCO2)CCC1C. The summed E-state index contributed by atoms with van der Waals surface area (Å²) in [6.07, 6.45) is 0.371. The number of aromatic nitrogens is 4. The van der Waals surface area contributed by atoms with Crippen LogP contribution in [-0.4, -0.2) is 234 Å². The molecule has 104 heavy (non-hydrogen) atoms. The quantitative estimate of drug-likeness (QED) is 0.0313. The Balaban J connectivity index is 0.611. The van der Waals surface area contributed by atoms with Crippen LogP contribution in [0, 0.1) is 23.2 Å². The molecule has 3 spiro atoms. The molecule has 10 rings (SSSR count). The van der Waals surface area contributed by atoms with E-state index in [0.29, 0.717) is 63.0 Å². The maximum atomic E-state index is 13.5. The molecule has 10 heterocycles. The van der Waals surface area contributed by atoms with Gasteiger partial charge in [-0.15, -0.1) is 0 Å². The number of imidazole rings is 1. The van der Waals surface area contributed by atoms with Gasteiger partial charge >= 0.3 is 23.5 Å². The summed E-state index contributed by atoms with van der Waals surface area (Å²) in [6.45, 7) is 14.5. The van der Waals surface area contributed by atoms with E-state index in [-0.39, 0.29) is 79.1 Å². The molecule has 24 atom stereocenters. The van der Waals surface area contributed by atoms with E-state index in [1.54, 1.807) is 6.08 Å². The van der Waals surface area contributed by atoms with Crippen LogP contribution in [0.25, 0.3) is 11.2 Å². The molecular weight excluding hydrogens is 1450 g/mol. The predicted octanol–water partition coefficient (Wildman–Crippen LogP) is 3.81. The van der Waals surface area contributed by atoms with Crippen LogP contribution >= 0.6 is 35.2 Å². The first kappa shape index (κ1) is 82.8. The van der Waals surface area contributed by atoms with E-state index < -0.39 is 161 Å². The highest BCUT2D eigenvalue weighted by Gasteiger charge is 2.56.